The number of hydrogen-bond acceptors (Lipinski definition) is 2. The summed E-state index contributed by atoms with van der Waals surface area (Å²) >= 11 is 0. The van der Waals surface area contributed by atoms with Gasteiger partial charge in [0.15, 0.2) is 0 Å². The number of amides is 1. The van der Waals surface area contributed by atoms with E-state index in [1.807, 2.05) is 0 Å². The van der Waals surface area contributed by atoms with E-state index in [2.05, 4.69) is 11.9 Å². The molecule has 1 aliphatic heterocycles. The van der Waals surface area contributed by atoms with Gasteiger partial charge in [-0.3, -0.25) is 4.79 Å². The van der Waals surface area contributed by atoms with Gasteiger partial charge in [0.1, 0.15) is 0 Å². The van der Waals surface area contributed by atoms with Gasteiger partial charge in [-0.1, -0.05) is 12.5 Å². The lowest BCUT2D eigenvalue weighted by Crippen LogP contribution is -2.27. The molecule has 0 aromatic rings. The minimum atomic E-state index is 0. The molecule has 1 amide bonds. The standard InChI is InChI=1S/C8H13NO.H3N/c1-2-7-5-3-4-6-9-8(7)10;/h2,7H,1,3-6H2,(H,9,10);1H3. The van der Waals surface area contributed by atoms with E-state index in [1.165, 1.54) is 0 Å². The van der Waals surface area contributed by atoms with Crippen LogP contribution in [-0.2, 0) is 4.79 Å². The number of rotatable bonds is 1. The first-order valence-corrected chi connectivity index (χ1v) is 3.75. The lowest BCUT2D eigenvalue weighted by Gasteiger charge is -2.05. The molecular formula is C8H16N2O. The number of nitrogens with one attached hydrogen (secondary N) is 1. The maximum atomic E-state index is 11.1. The van der Waals surface area contributed by atoms with E-state index in [0.717, 1.165) is 25.8 Å². The summed E-state index contributed by atoms with van der Waals surface area (Å²) < 4.78 is 0. The van der Waals surface area contributed by atoms with E-state index >= 15 is 0 Å². The fraction of sp³-hybridized carbons (Fsp3) is 0.625. The quantitative estimate of drug-likeness (QED) is 0.561. The van der Waals surface area contributed by atoms with E-state index in [4.69, 9.17) is 0 Å². The van der Waals surface area contributed by atoms with Crippen LogP contribution in [-0.4, -0.2) is 12.5 Å². The van der Waals surface area contributed by atoms with Crippen molar-refractivity contribution >= 4 is 5.91 Å². The molecule has 3 heteroatoms. The lowest BCUT2D eigenvalue weighted by atomic mass is 10.0. The first kappa shape index (κ1) is 10.2. The van der Waals surface area contributed by atoms with Crippen LogP contribution in [0.4, 0.5) is 0 Å². The van der Waals surface area contributed by atoms with Crippen LogP contribution in [0.2, 0.25) is 0 Å². The van der Waals surface area contributed by atoms with Crippen LogP contribution in [0.5, 0.6) is 0 Å². The molecule has 0 aromatic carbocycles. The van der Waals surface area contributed by atoms with Crippen molar-refractivity contribution in [2.45, 2.75) is 19.3 Å². The van der Waals surface area contributed by atoms with Crippen LogP contribution in [0, 0.1) is 5.92 Å². The fourth-order valence-corrected chi connectivity index (χ4v) is 1.19. The second-order valence-electron chi connectivity index (χ2n) is 2.63. The molecule has 1 unspecified atom stereocenters. The first-order valence-electron chi connectivity index (χ1n) is 3.75. The van der Waals surface area contributed by atoms with Gasteiger partial charge in [0.05, 0.1) is 5.92 Å². The van der Waals surface area contributed by atoms with Crippen LogP contribution in [0.3, 0.4) is 0 Å². The summed E-state index contributed by atoms with van der Waals surface area (Å²) in [5.41, 5.74) is 0. The average Bonchev–Trinajstić information content (AvgIpc) is 2.13. The van der Waals surface area contributed by atoms with E-state index in [0.29, 0.717) is 0 Å². The second kappa shape index (κ2) is 4.91. The molecule has 1 atom stereocenters. The molecule has 0 radical (unpaired) electrons. The Hall–Kier alpha value is -0.830. The van der Waals surface area contributed by atoms with Gasteiger partial charge in [0.25, 0.3) is 0 Å². The summed E-state index contributed by atoms with van der Waals surface area (Å²) in [6.07, 6.45) is 4.95. The normalized spacial score (nSPS) is 24.4. The Morgan fingerprint density at radius 1 is 1.55 bits per heavy atom. The minimum Gasteiger partial charge on any atom is -0.356 e. The van der Waals surface area contributed by atoms with Gasteiger partial charge < -0.3 is 11.5 Å². The third-order valence-corrected chi connectivity index (χ3v) is 1.86. The largest absolute Gasteiger partial charge is 0.356 e. The first-order chi connectivity index (χ1) is 4.84. The Morgan fingerprint density at radius 2 is 2.27 bits per heavy atom. The molecule has 1 rings (SSSR count). The molecule has 0 aromatic heterocycles. The van der Waals surface area contributed by atoms with E-state index in [-0.39, 0.29) is 18.0 Å². The molecule has 0 saturated carbocycles. The lowest BCUT2D eigenvalue weighted by molar-refractivity contribution is -0.123. The number of hydrogen-bond donors (Lipinski definition) is 2. The third-order valence-electron chi connectivity index (χ3n) is 1.86. The molecule has 4 N–H and O–H groups in total. The Balaban J connectivity index is 0.000001000. The highest BCUT2D eigenvalue weighted by molar-refractivity contribution is 5.80. The van der Waals surface area contributed by atoms with Gasteiger partial charge >= 0.3 is 0 Å². The van der Waals surface area contributed by atoms with Crippen molar-refractivity contribution in [3.63, 3.8) is 0 Å². The van der Waals surface area contributed by atoms with Crippen molar-refractivity contribution in [2.75, 3.05) is 6.54 Å². The molecule has 1 aliphatic rings. The minimum absolute atomic E-state index is 0. The van der Waals surface area contributed by atoms with Gasteiger partial charge in [0.2, 0.25) is 5.91 Å². The Kier molecular flexibility index (Phi) is 4.54. The molecule has 3 nitrogen and oxygen atoms in total. The topological polar surface area (TPSA) is 64.1 Å². The molecule has 1 saturated heterocycles. The monoisotopic (exact) mass is 156 g/mol. The van der Waals surface area contributed by atoms with Crippen LogP contribution in [0.25, 0.3) is 0 Å². The zero-order valence-electron chi connectivity index (χ0n) is 6.81. The second-order valence-corrected chi connectivity index (χ2v) is 2.63. The molecule has 11 heavy (non-hydrogen) atoms. The average molecular weight is 156 g/mol. The van der Waals surface area contributed by atoms with Crippen LogP contribution in [0.15, 0.2) is 12.7 Å². The predicted octanol–water partition coefficient (Wildman–Crippen LogP) is 1.25. The molecular weight excluding hydrogens is 140 g/mol. The summed E-state index contributed by atoms with van der Waals surface area (Å²) in [4.78, 5) is 11.1. The third kappa shape index (κ3) is 2.72. The summed E-state index contributed by atoms with van der Waals surface area (Å²) in [7, 11) is 0. The number of carbonyl (C=O) groups is 1. The van der Waals surface area contributed by atoms with Crippen molar-refractivity contribution in [3.05, 3.63) is 12.7 Å². The molecule has 1 heterocycles. The van der Waals surface area contributed by atoms with Gasteiger partial charge in [-0.2, -0.15) is 0 Å². The van der Waals surface area contributed by atoms with Crippen molar-refractivity contribution in [1.82, 2.24) is 11.5 Å². The highest BCUT2D eigenvalue weighted by atomic mass is 16.1. The van der Waals surface area contributed by atoms with Crippen LogP contribution in [0.1, 0.15) is 19.3 Å². The summed E-state index contributed by atoms with van der Waals surface area (Å²) in [6, 6.07) is 0. The molecule has 64 valence electrons. The molecule has 0 spiro atoms. The number of carbonyl (C=O) groups excluding carboxylic acids is 1. The summed E-state index contributed by atoms with van der Waals surface area (Å²) in [5, 5.41) is 2.84. The predicted molar refractivity (Wildman–Crippen MR) is 45.6 cm³/mol. The smallest absolute Gasteiger partial charge is 0.226 e. The van der Waals surface area contributed by atoms with Crippen LogP contribution >= 0.6 is 0 Å². The molecule has 0 bridgehead atoms. The Labute approximate surface area is 67.4 Å². The van der Waals surface area contributed by atoms with Crippen molar-refractivity contribution in [3.8, 4) is 0 Å². The van der Waals surface area contributed by atoms with Gasteiger partial charge in [-0.25, -0.2) is 0 Å². The molecule has 0 aliphatic carbocycles. The van der Waals surface area contributed by atoms with Crippen LogP contribution < -0.4 is 11.5 Å². The Bertz CT molecular complexity index is 145. The maximum Gasteiger partial charge on any atom is 0.226 e. The highest BCUT2D eigenvalue weighted by Gasteiger charge is 2.16. The van der Waals surface area contributed by atoms with Crippen molar-refractivity contribution < 1.29 is 4.79 Å². The van der Waals surface area contributed by atoms with Crippen molar-refractivity contribution in [2.24, 2.45) is 5.92 Å². The zero-order valence-corrected chi connectivity index (χ0v) is 6.81. The summed E-state index contributed by atoms with van der Waals surface area (Å²) in [6.45, 7) is 4.45. The van der Waals surface area contributed by atoms with E-state index in [1.54, 1.807) is 6.08 Å². The fourth-order valence-electron chi connectivity index (χ4n) is 1.19. The maximum absolute atomic E-state index is 11.1. The molecule has 1 fully saturated rings. The highest BCUT2D eigenvalue weighted by Crippen LogP contribution is 2.12. The van der Waals surface area contributed by atoms with Gasteiger partial charge in [0, 0.05) is 6.54 Å². The van der Waals surface area contributed by atoms with Gasteiger partial charge in [-0.05, 0) is 12.8 Å². The summed E-state index contributed by atoms with van der Waals surface area (Å²) in [5.74, 6) is 0.204. The van der Waals surface area contributed by atoms with E-state index in [9.17, 15) is 4.79 Å². The van der Waals surface area contributed by atoms with Gasteiger partial charge in [-0.15, -0.1) is 6.58 Å². The Morgan fingerprint density at radius 3 is 2.91 bits per heavy atom. The SMILES string of the molecule is C=CC1CCCCNC1=O.N. The zero-order chi connectivity index (χ0) is 7.40. The van der Waals surface area contributed by atoms with Crippen molar-refractivity contribution in [1.29, 1.82) is 0 Å². The van der Waals surface area contributed by atoms with E-state index < -0.39 is 0 Å².